The summed E-state index contributed by atoms with van der Waals surface area (Å²) in [6.45, 7) is 2.21. The SMILES string of the molecule is Cc1cc2nc3c4c(ccc5cc6c(c1C=CC6)c2c54)C=CC3. The summed E-state index contributed by atoms with van der Waals surface area (Å²) >= 11 is 0. The van der Waals surface area contributed by atoms with Crippen molar-refractivity contribution in [1.82, 2.24) is 4.98 Å². The molecule has 0 radical (unpaired) electrons. The molecule has 0 unspecified atom stereocenters. The fourth-order valence-corrected chi connectivity index (χ4v) is 4.55. The van der Waals surface area contributed by atoms with Crippen LogP contribution >= 0.6 is 0 Å². The normalized spacial score (nSPS) is 15.3. The summed E-state index contributed by atoms with van der Waals surface area (Å²) in [6, 6.07) is 9.21. The summed E-state index contributed by atoms with van der Waals surface area (Å²) < 4.78 is 0. The zero-order valence-electron chi connectivity index (χ0n) is 13.0. The Balaban J connectivity index is 2.03. The number of pyridine rings is 1. The van der Waals surface area contributed by atoms with Gasteiger partial charge in [-0.2, -0.15) is 0 Å². The Bertz CT molecular complexity index is 1210. The molecule has 1 aromatic heterocycles. The van der Waals surface area contributed by atoms with Crippen molar-refractivity contribution in [2.45, 2.75) is 19.8 Å². The Labute approximate surface area is 134 Å². The van der Waals surface area contributed by atoms with Gasteiger partial charge in [0, 0.05) is 22.6 Å². The molecule has 0 fully saturated rings. The number of allylic oxidation sites excluding steroid dienone is 2. The summed E-state index contributed by atoms with van der Waals surface area (Å²) in [6.07, 6.45) is 11.0. The third-order valence-corrected chi connectivity index (χ3v) is 5.50. The Hall–Kier alpha value is -2.67. The molecule has 0 saturated carbocycles. The van der Waals surface area contributed by atoms with Crippen molar-refractivity contribution >= 4 is 44.6 Å². The van der Waals surface area contributed by atoms with Crippen molar-refractivity contribution in [1.29, 1.82) is 0 Å². The van der Waals surface area contributed by atoms with Crippen molar-refractivity contribution in [3.8, 4) is 0 Å². The minimum atomic E-state index is 0.940. The smallest absolute Gasteiger partial charge is 0.0721 e. The predicted molar refractivity (Wildman–Crippen MR) is 98.2 cm³/mol. The van der Waals surface area contributed by atoms with Gasteiger partial charge in [0.1, 0.15) is 0 Å². The topological polar surface area (TPSA) is 12.9 Å². The Morgan fingerprint density at radius 2 is 1.78 bits per heavy atom. The molecule has 108 valence electrons. The number of hydrogen-bond acceptors (Lipinski definition) is 1. The molecule has 1 heteroatoms. The van der Waals surface area contributed by atoms with Crippen molar-refractivity contribution in [2.75, 3.05) is 0 Å². The molecule has 0 amide bonds. The first-order valence-corrected chi connectivity index (χ1v) is 8.28. The standard InChI is InChI=1S/C22H15N/c1-12-10-18-22-19-14(5-2-6-16(12)19)11-15-9-8-13-4-3-7-17(23-18)20(13)21(15)22/h2-4,6,8-11H,5,7H2,1H3. The number of nitrogens with zero attached hydrogens (tertiary/aromatic N) is 1. The van der Waals surface area contributed by atoms with Gasteiger partial charge in [-0.3, -0.25) is 4.98 Å². The fraction of sp³-hybridized carbons (Fsp3) is 0.136. The van der Waals surface area contributed by atoms with Crippen molar-refractivity contribution < 1.29 is 0 Å². The van der Waals surface area contributed by atoms with E-state index >= 15 is 0 Å². The minimum Gasteiger partial charge on any atom is -0.252 e. The van der Waals surface area contributed by atoms with E-state index in [9.17, 15) is 0 Å². The van der Waals surface area contributed by atoms with Crippen LogP contribution in [0.5, 0.6) is 0 Å². The minimum absolute atomic E-state index is 0.940. The van der Waals surface area contributed by atoms with Gasteiger partial charge in [0.05, 0.1) is 11.2 Å². The molecule has 1 heterocycles. The maximum absolute atomic E-state index is 5.06. The number of benzene rings is 3. The molecule has 23 heavy (non-hydrogen) atoms. The molecule has 2 aliphatic rings. The third kappa shape index (κ3) is 1.32. The monoisotopic (exact) mass is 293 g/mol. The van der Waals surface area contributed by atoms with Gasteiger partial charge in [-0.15, -0.1) is 0 Å². The molecule has 6 rings (SSSR count). The quantitative estimate of drug-likeness (QED) is 0.394. The summed E-state index contributed by atoms with van der Waals surface area (Å²) in [5.74, 6) is 0. The first-order valence-electron chi connectivity index (χ1n) is 8.28. The Morgan fingerprint density at radius 3 is 2.74 bits per heavy atom. The summed E-state index contributed by atoms with van der Waals surface area (Å²) in [5.41, 5.74) is 7.87. The van der Waals surface area contributed by atoms with Crippen LogP contribution < -0.4 is 0 Å². The van der Waals surface area contributed by atoms with E-state index in [2.05, 4.69) is 55.5 Å². The highest BCUT2D eigenvalue weighted by atomic mass is 14.7. The highest BCUT2D eigenvalue weighted by molar-refractivity contribution is 6.26. The zero-order chi connectivity index (χ0) is 15.1. The average molecular weight is 293 g/mol. The second kappa shape index (κ2) is 3.80. The van der Waals surface area contributed by atoms with E-state index in [0.717, 1.165) is 12.8 Å². The second-order valence-electron chi connectivity index (χ2n) is 6.81. The van der Waals surface area contributed by atoms with E-state index in [1.165, 1.54) is 60.4 Å². The van der Waals surface area contributed by atoms with E-state index < -0.39 is 0 Å². The van der Waals surface area contributed by atoms with Crippen LogP contribution in [0.25, 0.3) is 44.6 Å². The second-order valence-corrected chi connectivity index (χ2v) is 6.81. The Morgan fingerprint density at radius 1 is 0.870 bits per heavy atom. The number of rotatable bonds is 0. The molecule has 0 saturated heterocycles. The van der Waals surface area contributed by atoms with Crippen LogP contribution in [0, 0.1) is 6.92 Å². The lowest BCUT2D eigenvalue weighted by atomic mass is 9.83. The lowest BCUT2D eigenvalue weighted by molar-refractivity contribution is 1.16. The van der Waals surface area contributed by atoms with E-state index in [4.69, 9.17) is 4.98 Å². The van der Waals surface area contributed by atoms with E-state index in [0.29, 0.717) is 0 Å². The average Bonchev–Trinajstić information content (AvgIpc) is 2.58. The lowest BCUT2D eigenvalue weighted by Crippen LogP contribution is -2.03. The Kier molecular flexibility index (Phi) is 1.96. The van der Waals surface area contributed by atoms with Crippen molar-refractivity contribution in [2.24, 2.45) is 0 Å². The summed E-state index contributed by atoms with van der Waals surface area (Å²) in [5, 5.41) is 6.95. The summed E-state index contributed by atoms with van der Waals surface area (Å²) in [4.78, 5) is 5.06. The van der Waals surface area contributed by atoms with Crippen LogP contribution in [0.1, 0.15) is 27.9 Å². The largest absolute Gasteiger partial charge is 0.252 e. The maximum Gasteiger partial charge on any atom is 0.0721 e. The molecule has 0 atom stereocenters. The lowest BCUT2D eigenvalue weighted by Gasteiger charge is -2.22. The van der Waals surface area contributed by atoms with Crippen molar-refractivity contribution in [3.05, 3.63) is 64.4 Å². The number of hydrogen-bond donors (Lipinski definition) is 0. The van der Waals surface area contributed by atoms with Crippen LogP contribution in [0.3, 0.4) is 0 Å². The number of aryl methyl sites for hydroxylation is 1. The van der Waals surface area contributed by atoms with Gasteiger partial charge in [0.2, 0.25) is 0 Å². The van der Waals surface area contributed by atoms with Gasteiger partial charge in [-0.25, -0.2) is 0 Å². The third-order valence-electron chi connectivity index (χ3n) is 5.50. The predicted octanol–water partition coefficient (Wildman–Crippen LogP) is 5.43. The molecule has 0 bridgehead atoms. The molecule has 0 aliphatic heterocycles. The molecule has 1 nitrogen and oxygen atoms in total. The van der Waals surface area contributed by atoms with Crippen LogP contribution in [0.4, 0.5) is 0 Å². The molecule has 2 aliphatic carbocycles. The van der Waals surface area contributed by atoms with Crippen LogP contribution in [0.2, 0.25) is 0 Å². The van der Waals surface area contributed by atoms with Crippen LogP contribution in [0.15, 0.2) is 36.4 Å². The van der Waals surface area contributed by atoms with E-state index in [1.807, 2.05) is 0 Å². The molecule has 4 aromatic rings. The fourth-order valence-electron chi connectivity index (χ4n) is 4.55. The maximum atomic E-state index is 5.06. The van der Waals surface area contributed by atoms with Crippen LogP contribution in [-0.4, -0.2) is 4.98 Å². The first-order chi connectivity index (χ1) is 11.3. The summed E-state index contributed by atoms with van der Waals surface area (Å²) in [7, 11) is 0. The van der Waals surface area contributed by atoms with Crippen molar-refractivity contribution in [3.63, 3.8) is 0 Å². The van der Waals surface area contributed by atoms with E-state index in [1.54, 1.807) is 0 Å². The van der Waals surface area contributed by atoms with Gasteiger partial charge >= 0.3 is 0 Å². The molecular weight excluding hydrogens is 278 g/mol. The van der Waals surface area contributed by atoms with Gasteiger partial charge in [-0.1, -0.05) is 42.5 Å². The highest BCUT2D eigenvalue weighted by Gasteiger charge is 2.21. The molecule has 0 spiro atoms. The van der Waals surface area contributed by atoms with Gasteiger partial charge in [0.15, 0.2) is 0 Å². The zero-order valence-corrected chi connectivity index (χ0v) is 13.0. The first kappa shape index (κ1) is 11.8. The van der Waals surface area contributed by atoms with Crippen LogP contribution in [-0.2, 0) is 12.8 Å². The molecule has 0 N–H and O–H groups in total. The number of aromatic nitrogens is 1. The molecule has 3 aromatic carbocycles. The van der Waals surface area contributed by atoms with Gasteiger partial charge < -0.3 is 0 Å². The van der Waals surface area contributed by atoms with E-state index in [-0.39, 0.29) is 0 Å². The van der Waals surface area contributed by atoms with Gasteiger partial charge in [0.25, 0.3) is 0 Å². The highest BCUT2D eigenvalue weighted by Crippen LogP contribution is 2.43. The van der Waals surface area contributed by atoms with Gasteiger partial charge in [-0.05, 0) is 52.4 Å². The molecular formula is C22H15N.